The van der Waals surface area contributed by atoms with E-state index in [-0.39, 0.29) is 12.5 Å². The van der Waals surface area contributed by atoms with Crippen LogP contribution < -0.4 is 0 Å². The number of nitrogens with zero attached hydrogens (tertiary/aromatic N) is 3. The highest BCUT2D eigenvalue weighted by Crippen LogP contribution is 2.34. The van der Waals surface area contributed by atoms with Crippen molar-refractivity contribution in [3.05, 3.63) is 111 Å². The second kappa shape index (κ2) is 10.2. The Morgan fingerprint density at radius 1 is 0.947 bits per heavy atom. The first-order valence-corrected chi connectivity index (χ1v) is 13.6. The molecular formula is C30H24ClN3O3S. The molecule has 38 heavy (non-hydrogen) atoms. The normalized spacial score (nSPS) is 16.5. The van der Waals surface area contributed by atoms with Gasteiger partial charge < -0.3 is 9.47 Å². The Hall–Kier alpha value is -3.81. The molecule has 0 atom stereocenters. The number of thioether (sulfide) groups is 1. The zero-order chi connectivity index (χ0) is 26.2. The molecule has 2 aliphatic rings. The average Bonchev–Trinajstić information content (AvgIpc) is 3.41. The van der Waals surface area contributed by atoms with Crippen molar-refractivity contribution in [3.63, 3.8) is 0 Å². The Morgan fingerprint density at radius 3 is 2.50 bits per heavy atom. The summed E-state index contributed by atoms with van der Waals surface area (Å²) in [5.74, 6) is -0.650. The fourth-order valence-electron chi connectivity index (χ4n) is 5.03. The van der Waals surface area contributed by atoms with Gasteiger partial charge in [-0.05, 0) is 59.1 Å². The van der Waals surface area contributed by atoms with Crippen molar-refractivity contribution in [1.29, 1.82) is 0 Å². The van der Waals surface area contributed by atoms with Crippen LogP contribution in [-0.4, -0.2) is 44.5 Å². The third-order valence-corrected chi connectivity index (χ3v) is 8.18. The van der Waals surface area contributed by atoms with Crippen molar-refractivity contribution < 1.29 is 14.4 Å². The molecule has 3 aromatic carbocycles. The van der Waals surface area contributed by atoms with Crippen molar-refractivity contribution >= 4 is 57.4 Å². The SMILES string of the molecule is O=C(CN1C(=O)S/C(=C\c2cn(Cc3ccc(Cl)cc3)c3ccccc23)C1=O)N1CCc2ccccc2C1. The van der Waals surface area contributed by atoms with E-state index in [4.69, 9.17) is 11.6 Å². The van der Waals surface area contributed by atoms with Gasteiger partial charge in [-0.25, -0.2) is 0 Å². The third-order valence-electron chi connectivity index (χ3n) is 7.02. The number of hydrogen-bond acceptors (Lipinski definition) is 4. The topological polar surface area (TPSA) is 62.6 Å². The highest BCUT2D eigenvalue weighted by Gasteiger charge is 2.37. The van der Waals surface area contributed by atoms with Crippen LogP contribution in [0.3, 0.4) is 0 Å². The van der Waals surface area contributed by atoms with E-state index < -0.39 is 11.1 Å². The lowest BCUT2D eigenvalue weighted by Crippen LogP contribution is -2.44. The van der Waals surface area contributed by atoms with E-state index in [2.05, 4.69) is 10.6 Å². The number of benzene rings is 3. The van der Waals surface area contributed by atoms with E-state index in [1.165, 1.54) is 5.56 Å². The Bertz CT molecular complexity index is 1610. The van der Waals surface area contributed by atoms with Crippen LogP contribution in [0.15, 0.2) is 83.9 Å². The van der Waals surface area contributed by atoms with Gasteiger partial charge in [-0.3, -0.25) is 19.3 Å². The zero-order valence-electron chi connectivity index (χ0n) is 20.5. The van der Waals surface area contributed by atoms with Crippen LogP contribution in [0, 0.1) is 0 Å². The standard InChI is InChI=1S/C30H24ClN3O3S/c31-24-11-9-20(10-12-24)16-33-18-23(25-7-3-4-8-26(25)33)15-27-29(36)34(30(37)38-27)19-28(35)32-14-13-21-5-1-2-6-22(21)17-32/h1-12,15,18H,13-14,16-17,19H2/b27-15-. The molecule has 6 rings (SSSR count). The number of fused-ring (bicyclic) bond motifs is 2. The summed E-state index contributed by atoms with van der Waals surface area (Å²) >= 11 is 6.92. The maximum Gasteiger partial charge on any atom is 0.294 e. The van der Waals surface area contributed by atoms with Gasteiger partial charge in [0.2, 0.25) is 5.91 Å². The van der Waals surface area contributed by atoms with Gasteiger partial charge >= 0.3 is 0 Å². The molecule has 1 saturated heterocycles. The summed E-state index contributed by atoms with van der Waals surface area (Å²) in [6, 6.07) is 23.7. The molecule has 0 saturated carbocycles. The minimum absolute atomic E-state index is 0.220. The van der Waals surface area contributed by atoms with Gasteiger partial charge in [0.05, 0.1) is 4.91 Å². The number of carbonyl (C=O) groups excluding carboxylic acids is 3. The van der Waals surface area contributed by atoms with Crippen molar-refractivity contribution in [2.24, 2.45) is 0 Å². The van der Waals surface area contributed by atoms with Crippen LogP contribution in [0.2, 0.25) is 5.02 Å². The lowest BCUT2D eigenvalue weighted by atomic mass is 10.00. The van der Waals surface area contributed by atoms with E-state index in [0.29, 0.717) is 29.6 Å². The predicted octanol–water partition coefficient (Wildman–Crippen LogP) is 5.96. The molecule has 1 fully saturated rings. The molecule has 0 aliphatic carbocycles. The number of para-hydroxylation sites is 1. The first kappa shape index (κ1) is 24.5. The minimum Gasteiger partial charge on any atom is -0.342 e. The number of aromatic nitrogens is 1. The first-order valence-electron chi connectivity index (χ1n) is 12.4. The summed E-state index contributed by atoms with van der Waals surface area (Å²) in [6.45, 7) is 1.46. The summed E-state index contributed by atoms with van der Waals surface area (Å²) < 4.78 is 2.12. The van der Waals surface area contributed by atoms with Gasteiger partial charge in [0.25, 0.3) is 11.1 Å². The quantitative estimate of drug-likeness (QED) is 0.292. The van der Waals surface area contributed by atoms with E-state index in [1.807, 2.05) is 72.9 Å². The van der Waals surface area contributed by atoms with Crippen LogP contribution in [0.25, 0.3) is 17.0 Å². The van der Waals surface area contributed by atoms with Gasteiger partial charge in [-0.1, -0.05) is 66.2 Å². The fourth-order valence-corrected chi connectivity index (χ4v) is 5.98. The molecule has 2 aliphatic heterocycles. The Kier molecular flexibility index (Phi) is 6.55. The molecule has 1 aromatic heterocycles. The molecule has 0 unspecified atom stereocenters. The van der Waals surface area contributed by atoms with Gasteiger partial charge in [-0.2, -0.15) is 0 Å². The average molecular weight is 542 g/mol. The molecule has 0 bridgehead atoms. The number of amides is 3. The number of halogens is 1. The molecule has 190 valence electrons. The zero-order valence-corrected chi connectivity index (χ0v) is 22.0. The predicted molar refractivity (Wildman–Crippen MR) is 151 cm³/mol. The smallest absolute Gasteiger partial charge is 0.294 e. The summed E-state index contributed by atoms with van der Waals surface area (Å²) in [7, 11) is 0. The minimum atomic E-state index is -0.430. The maximum absolute atomic E-state index is 13.2. The summed E-state index contributed by atoms with van der Waals surface area (Å²) in [5.41, 5.74) is 5.31. The van der Waals surface area contributed by atoms with Crippen molar-refractivity contribution in [2.45, 2.75) is 19.5 Å². The van der Waals surface area contributed by atoms with Crippen LogP contribution in [0.5, 0.6) is 0 Å². The molecule has 3 amide bonds. The largest absolute Gasteiger partial charge is 0.342 e. The maximum atomic E-state index is 13.2. The van der Waals surface area contributed by atoms with E-state index >= 15 is 0 Å². The molecular weight excluding hydrogens is 518 g/mol. The Labute approximate surface area is 229 Å². The first-order chi connectivity index (χ1) is 18.5. The van der Waals surface area contributed by atoms with Crippen molar-refractivity contribution in [1.82, 2.24) is 14.4 Å². The van der Waals surface area contributed by atoms with Crippen molar-refractivity contribution in [3.8, 4) is 0 Å². The number of imide groups is 1. The third kappa shape index (κ3) is 4.75. The second-order valence-corrected chi connectivity index (χ2v) is 10.9. The molecule has 4 aromatic rings. The van der Waals surface area contributed by atoms with E-state index in [1.54, 1.807) is 11.0 Å². The summed E-state index contributed by atoms with van der Waals surface area (Å²) in [6.07, 6.45) is 4.51. The van der Waals surface area contributed by atoms with Crippen LogP contribution >= 0.6 is 23.4 Å². The molecule has 0 radical (unpaired) electrons. The van der Waals surface area contributed by atoms with Crippen LogP contribution in [0.1, 0.15) is 22.3 Å². The summed E-state index contributed by atoms with van der Waals surface area (Å²) in [4.78, 5) is 42.1. The molecule has 0 N–H and O–H groups in total. The second-order valence-electron chi connectivity index (χ2n) is 9.46. The molecule has 0 spiro atoms. The number of rotatable bonds is 5. The lowest BCUT2D eigenvalue weighted by molar-refractivity contribution is -0.136. The van der Waals surface area contributed by atoms with Gasteiger partial charge in [0.1, 0.15) is 6.54 Å². The molecule has 3 heterocycles. The van der Waals surface area contributed by atoms with Gasteiger partial charge in [-0.15, -0.1) is 0 Å². The number of hydrogen-bond donors (Lipinski definition) is 0. The Balaban J connectivity index is 1.22. The van der Waals surface area contributed by atoms with Crippen LogP contribution in [0.4, 0.5) is 4.79 Å². The van der Waals surface area contributed by atoms with Gasteiger partial charge in [0.15, 0.2) is 0 Å². The Morgan fingerprint density at radius 2 is 1.68 bits per heavy atom. The summed E-state index contributed by atoms with van der Waals surface area (Å²) in [5, 5.41) is 1.25. The van der Waals surface area contributed by atoms with E-state index in [0.717, 1.165) is 50.7 Å². The van der Waals surface area contributed by atoms with Crippen LogP contribution in [-0.2, 0) is 29.1 Å². The monoisotopic (exact) mass is 541 g/mol. The van der Waals surface area contributed by atoms with Crippen molar-refractivity contribution in [2.75, 3.05) is 13.1 Å². The van der Waals surface area contributed by atoms with E-state index in [9.17, 15) is 14.4 Å². The fraction of sp³-hybridized carbons (Fsp3) is 0.167. The highest BCUT2D eigenvalue weighted by atomic mass is 35.5. The lowest BCUT2D eigenvalue weighted by Gasteiger charge is -2.29. The molecule has 6 nitrogen and oxygen atoms in total. The number of carbonyl (C=O) groups is 3. The van der Waals surface area contributed by atoms with Gasteiger partial charge in [0, 0.05) is 47.3 Å². The highest BCUT2D eigenvalue weighted by molar-refractivity contribution is 8.18. The molecule has 8 heteroatoms.